The van der Waals surface area contributed by atoms with Crippen molar-refractivity contribution in [1.82, 2.24) is 29.8 Å². The highest BCUT2D eigenvalue weighted by molar-refractivity contribution is 7.85. The molecule has 15 heteroatoms. The summed E-state index contributed by atoms with van der Waals surface area (Å²) >= 11 is 0. The second kappa shape index (κ2) is 9.11. The molecule has 0 spiro atoms. The Morgan fingerprint density at radius 1 is 1.14 bits per heavy atom. The maximum absolute atomic E-state index is 12.6. The zero-order valence-electron chi connectivity index (χ0n) is 18.0. The number of benzene rings is 1. The second-order valence-corrected chi connectivity index (χ2v) is 9.23. The molecule has 3 heterocycles. The van der Waals surface area contributed by atoms with Crippen molar-refractivity contribution < 1.29 is 27.7 Å². The number of anilines is 2. The summed E-state index contributed by atoms with van der Waals surface area (Å²) in [5.41, 5.74) is 13.6. The maximum Gasteiger partial charge on any atom is 0.326 e. The van der Waals surface area contributed by atoms with Gasteiger partial charge >= 0.3 is 5.97 Å². The van der Waals surface area contributed by atoms with Gasteiger partial charge in [-0.1, -0.05) is 0 Å². The van der Waals surface area contributed by atoms with E-state index in [0.29, 0.717) is 23.1 Å². The summed E-state index contributed by atoms with van der Waals surface area (Å²) < 4.78 is 32.5. The first-order valence-corrected chi connectivity index (χ1v) is 11.7. The summed E-state index contributed by atoms with van der Waals surface area (Å²) in [5.74, 6) is -2.79. The summed E-state index contributed by atoms with van der Waals surface area (Å²) in [6, 6.07) is 5.06. The first-order chi connectivity index (χ1) is 16.5. The van der Waals surface area contributed by atoms with E-state index < -0.39 is 40.2 Å². The van der Waals surface area contributed by atoms with Gasteiger partial charge in [-0.25, -0.2) is 14.8 Å². The molecule has 7 N–H and O–H groups in total. The molecule has 0 aliphatic carbocycles. The van der Waals surface area contributed by atoms with Crippen LogP contribution in [0.5, 0.6) is 0 Å². The van der Waals surface area contributed by atoms with E-state index in [1.807, 2.05) is 4.57 Å². The largest absolute Gasteiger partial charge is 0.480 e. The number of aromatic nitrogens is 5. The number of rotatable bonds is 8. The lowest BCUT2D eigenvalue weighted by Gasteiger charge is -2.14. The molecule has 14 nitrogen and oxygen atoms in total. The van der Waals surface area contributed by atoms with E-state index in [1.54, 1.807) is 30.6 Å². The number of hydrogen-bond acceptors (Lipinski definition) is 10. The Morgan fingerprint density at radius 2 is 1.91 bits per heavy atom. The molecule has 3 aromatic heterocycles. The van der Waals surface area contributed by atoms with Gasteiger partial charge in [-0.05, 0) is 30.7 Å². The normalized spacial score (nSPS) is 12.6. The molecular weight excluding hydrogens is 480 g/mol. The molecule has 1 amide bonds. The van der Waals surface area contributed by atoms with Gasteiger partial charge < -0.3 is 26.5 Å². The van der Waals surface area contributed by atoms with Crippen LogP contribution >= 0.6 is 0 Å². The Bertz CT molecular complexity index is 1570. The number of nitrogens with two attached hydrogens (primary N) is 2. The van der Waals surface area contributed by atoms with E-state index in [-0.39, 0.29) is 23.0 Å². The third kappa shape index (κ3) is 5.42. The number of aliphatic carboxylic acids is 1. The van der Waals surface area contributed by atoms with E-state index in [0.717, 1.165) is 5.52 Å². The SMILES string of the molecule is Nc1nc(N)c2nc(Cn3ccc4cc(C(=O)N[C@@H](CCS(=O)(=O)O)C(=O)O)ccc43)cnc2n1. The van der Waals surface area contributed by atoms with Gasteiger partial charge in [-0.3, -0.25) is 9.35 Å². The fourth-order valence-corrected chi connectivity index (χ4v) is 4.01. The number of hydrogen-bond donors (Lipinski definition) is 5. The Balaban J connectivity index is 1.53. The van der Waals surface area contributed by atoms with Crippen molar-refractivity contribution in [3.63, 3.8) is 0 Å². The number of carboxylic acid groups (broad SMARTS) is 1. The predicted molar refractivity (Wildman–Crippen MR) is 125 cm³/mol. The summed E-state index contributed by atoms with van der Waals surface area (Å²) in [6.07, 6.45) is 2.85. The molecule has 0 bridgehead atoms. The van der Waals surface area contributed by atoms with Crippen LogP contribution in [0.4, 0.5) is 11.8 Å². The highest BCUT2D eigenvalue weighted by Gasteiger charge is 2.23. The Morgan fingerprint density at radius 3 is 2.63 bits per heavy atom. The lowest BCUT2D eigenvalue weighted by molar-refractivity contribution is -0.139. The number of carbonyl (C=O) groups is 2. The number of nitrogens with zero attached hydrogens (tertiary/aromatic N) is 5. The molecule has 182 valence electrons. The first-order valence-electron chi connectivity index (χ1n) is 10.1. The second-order valence-electron chi connectivity index (χ2n) is 7.66. The highest BCUT2D eigenvalue weighted by Crippen LogP contribution is 2.20. The maximum atomic E-state index is 12.6. The van der Waals surface area contributed by atoms with Gasteiger partial charge in [0, 0.05) is 22.7 Å². The minimum absolute atomic E-state index is 0.00130. The number of fused-ring (bicyclic) bond motifs is 2. The Kier molecular flexibility index (Phi) is 6.19. The van der Waals surface area contributed by atoms with E-state index >= 15 is 0 Å². The van der Waals surface area contributed by atoms with Gasteiger partial charge in [0.1, 0.15) is 6.04 Å². The van der Waals surface area contributed by atoms with Gasteiger partial charge in [0.25, 0.3) is 16.0 Å². The Hall–Kier alpha value is -4.37. The minimum atomic E-state index is -4.37. The van der Waals surface area contributed by atoms with Crippen molar-refractivity contribution in [2.45, 2.75) is 19.0 Å². The molecule has 1 atom stereocenters. The third-order valence-corrected chi connectivity index (χ3v) is 5.89. The van der Waals surface area contributed by atoms with Crippen LogP contribution < -0.4 is 16.8 Å². The number of amides is 1. The fraction of sp³-hybridized carbons (Fsp3) is 0.200. The summed E-state index contributed by atoms with van der Waals surface area (Å²) in [7, 11) is -4.37. The van der Waals surface area contributed by atoms with E-state index in [1.165, 1.54) is 6.07 Å². The summed E-state index contributed by atoms with van der Waals surface area (Å²) in [6.45, 7) is 0.332. The molecule has 0 unspecified atom stereocenters. The van der Waals surface area contributed by atoms with Crippen molar-refractivity contribution in [1.29, 1.82) is 0 Å². The third-order valence-electron chi connectivity index (χ3n) is 5.13. The quantitative estimate of drug-likeness (QED) is 0.202. The summed E-state index contributed by atoms with van der Waals surface area (Å²) in [4.78, 5) is 40.5. The lowest BCUT2D eigenvalue weighted by Crippen LogP contribution is -2.41. The average Bonchev–Trinajstić information content (AvgIpc) is 3.18. The number of nitrogens with one attached hydrogen (secondary N) is 1. The molecular formula is C20H20N8O6S. The molecule has 4 aromatic rings. The molecule has 1 aromatic carbocycles. The van der Waals surface area contributed by atoms with E-state index in [4.69, 9.17) is 16.0 Å². The van der Waals surface area contributed by atoms with Gasteiger partial charge in [-0.2, -0.15) is 18.4 Å². The average molecular weight is 500 g/mol. The fourth-order valence-electron chi connectivity index (χ4n) is 3.48. The van der Waals surface area contributed by atoms with Crippen LogP contribution in [0, 0.1) is 0 Å². The van der Waals surface area contributed by atoms with Crippen LogP contribution in [0.3, 0.4) is 0 Å². The zero-order chi connectivity index (χ0) is 25.3. The number of nitrogen functional groups attached to an aromatic ring is 2. The van der Waals surface area contributed by atoms with Crippen molar-refractivity contribution in [2.75, 3.05) is 17.2 Å². The van der Waals surface area contributed by atoms with Crippen LogP contribution in [0.1, 0.15) is 22.5 Å². The smallest absolute Gasteiger partial charge is 0.326 e. The molecule has 0 aliphatic rings. The zero-order valence-corrected chi connectivity index (χ0v) is 18.8. The van der Waals surface area contributed by atoms with Crippen LogP contribution in [0.25, 0.3) is 22.1 Å². The highest BCUT2D eigenvalue weighted by atomic mass is 32.2. The van der Waals surface area contributed by atoms with Crippen LogP contribution in [0.2, 0.25) is 0 Å². The van der Waals surface area contributed by atoms with E-state index in [9.17, 15) is 23.1 Å². The monoisotopic (exact) mass is 500 g/mol. The van der Waals surface area contributed by atoms with Crippen molar-refractivity contribution >= 4 is 55.8 Å². The summed E-state index contributed by atoms with van der Waals surface area (Å²) in [5, 5.41) is 12.2. The molecule has 0 radical (unpaired) electrons. The van der Waals surface area contributed by atoms with E-state index in [2.05, 4.69) is 25.3 Å². The van der Waals surface area contributed by atoms with Crippen LogP contribution in [0.15, 0.2) is 36.7 Å². The topological polar surface area (TPSA) is 229 Å². The van der Waals surface area contributed by atoms with Crippen LogP contribution in [-0.2, 0) is 21.5 Å². The first kappa shape index (κ1) is 23.8. The van der Waals surface area contributed by atoms with Gasteiger partial charge in [-0.15, -0.1) is 0 Å². The minimum Gasteiger partial charge on any atom is -0.480 e. The molecule has 0 saturated carbocycles. The van der Waals surface area contributed by atoms with Crippen molar-refractivity contribution in [2.24, 2.45) is 0 Å². The number of carboxylic acids is 1. The van der Waals surface area contributed by atoms with Gasteiger partial charge in [0.15, 0.2) is 17.0 Å². The van der Waals surface area contributed by atoms with Gasteiger partial charge in [0.2, 0.25) is 5.95 Å². The number of carbonyl (C=O) groups excluding carboxylic acids is 1. The lowest BCUT2D eigenvalue weighted by atomic mass is 10.1. The van der Waals surface area contributed by atoms with Crippen molar-refractivity contribution in [3.8, 4) is 0 Å². The predicted octanol–water partition coefficient (Wildman–Crippen LogP) is 0.0481. The molecule has 0 fully saturated rings. The van der Waals surface area contributed by atoms with Crippen LogP contribution in [-0.4, -0.2) is 66.3 Å². The standard InChI is InChI=1S/C20H20N8O6S/c21-16-15-17(27-20(22)26-16)23-8-12(24-15)9-28-5-3-10-7-11(1-2-14(10)28)18(29)25-13(19(30)31)4-6-35(32,33)34/h1-3,5,7-8,13H,4,6,9H2,(H,25,29)(H,30,31)(H,32,33,34)(H4,21,22,23,26,27)/t13-/m0/s1. The molecule has 4 rings (SSSR count). The molecule has 0 aliphatic heterocycles. The van der Waals surface area contributed by atoms with Crippen molar-refractivity contribution in [3.05, 3.63) is 47.9 Å². The van der Waals surface area contributed by atoms with Gasteiger partial charge in [0.05, 0.1) is 24.2 Å². The molecule has 0 saturated heterocycles. The molecule has 35 heavy (non-hydrogen) atoms. The Labute approximate surface area is 197 Å².